The van der Waals surface area contributed by atoms with Gasteiger partial charge in [0.2, 0.25) is 6.20 Å². The fraction of sp³-hybridized carbons (Fsp3) is 0.571. The highest BCUT2D eigenvalue weighted by molar-refractivity contribution is 6.08. The van der Waals surface area contributed by atoms with Crippen molar-refractivity contribution in [1.82, 2.24) is 10.00 Å². The summed E-state index contributed by atoms with van der Waals surface area (Å²) < 4.78 is 10.3. The monoisotopic (exact) mass is 326 g/mol. The number of hydrogen-bond donors (Lipinski definition) is 3. The van der Waals surface area contributed by atoms with Crippen LogP contribution in [0.3, 0.4) is 0 Å². The Morgan fingerprint density at radius 2 is 1.57 bits per heavy atom. The molecule has 0 radical (unpaired) electrons. The summed E-state index contributed by atoms with van der Waals surface area (Å²) in [4.78, 5) is 26.3. The molecular formula is C14H24N5O4+. The van der Waals surface area contributed by atoms with E-state index >= 15 is 0 Å². The lowest BCUT2D eigenvalue weighted by molar-refractivity contribution is -0.697. The molecule has 1 heterocycles. The first-order valence-corrected chi connectivity index (χ1v) is 7.06. The maximum absolute atomic E-state index is 12.3. The van der Waals surface area contributed by atoms with Crippen LogP contribution in [-0.2, 0) is 9.47 Å². The van der Waals surface area contributed by atoms with E-state index in [0.29, 0.717) is 4.90 Å². The molecule has 23 heavy (non-hydrogen) atoms. The first kappa shape index (κ1) is 18.5. The van der Waals surface area contributed by atoms with E-state index in [9.17, 15) is 9.59 Å². The highest BCUT2D eigenvalue weighted by Crippen LogP contribution is 2.14. The second kappa shape index (κ2) is 6.67. The van der Waals surface area contributed by atoms with Crippen molar-refractivity contribution in [2.24, 2.45) is 0 Å². The SMILES string of the molecule is CC(C)(C)OC(=O)N(C(=N)N[n+]1ccc[nH]1)C(=O)OC(C)(C)C. The number of carbonyl (C=O) groups is 2. The van der Waals surface area contributed by atoms with Gasteiger partial charge in [0.15, 0.2) is 0 Å². The van der Waals surface area contributed by atoms with E-state index in [1.54, 1.807) is 60.0 Å². The van der Waals surface area contributed by atoms with Crippen molar-refractivity contribution in [2.75, 3.05) is 5.43 Å². The summed E-state index contributed by atoms with van der Waals surface area (Å²) in [6, 6.07) is 1.67. The van der Waals surface area contributed by atoms with Crippen LogP contribution in [0.25, 0.3) is 0 Å². The minimum atomic E-state index is -1.00. The van der Waals surface area contributed by atoms with Crippen LogP contribution < -0.4 is 10.2 Å². The fourth-order valence-corrected chi connectivity index (χ4v) is 1.40. The molecule has 0 saturated carbocycles. The van der Waals surface area contributed by atoms with Gasteiger partial charge in [-0.05, 0) is 41.5 Å². The molecule has 0 spiro atoms. The summed E-state index contributed by atoms with van der Waals surface area (Å²) in [6.45, 7) is 9.97. The average molecular weight is 326 g/mol. The first-order valence-electron chi connectivity index (χ1n) is 7.06. The number of amides is 2. The molecule has 0 aliphatic heterocycles. The van der Waals surface area contributed by atoms with E-state index in [0.717, 1.165) is 0 Å². The van der Waals surface area contributed by atoms with Gasteiger partial charge in [-0.1, -0.05) is 0 Å². The van der Waals surface area contributed by atoms with Crippen molar-refractivity contribution < 1.29 is 23.9 Å². The summed E-state index contributed by atoms with van der Waals surface area (Å²) in [5.41, 5.74) is 0.880. The van der Waals surface area contributed by atoms with Gasteiger partial charge in [-0.2, -0.15) is 0 Å². The van der Waals surface area contributed by atoms with Crippen LogP contribution >= 0.6 is 0 Å². The smallest absolute Gasteiger partial charge is 0.427 e. The normalized spacial score (nSPS) is 11.6. The number of H-pyrrole nitrogens is 1. The predicted octanol–water partition coefficient (Wildman–Crippen LogP) is 1.95. The van der Waals surface area contributed by atoms with Gasteiger partial charge in [-0.15, -0.1) is 15.4 Å². The number of aromatic amines is 1. The molecule has 1 rings (SSSR count). The van der Waals surface area contributed by atoms with Gasteiger partial charge in [-0.3, -0.25) is 5.41 Å². The summed E-state index contributed by atoms with van der Waals surface area (Å²) >= 11 is 0. The molecule has 0 atom stereocenters. The van der Waals surface area contributed by atoms with E-state index < -0.39 is 29.3 Å². The zero-order chi connectivity index (χ0) is 17.8. The molecule has 0 unspecified atom stereocenters. The van der Waals surface area contributed by atoms with Gasteiger partial charge < -0.3 is 9.47 Å². The van der Waals surface area contributed by atoms with E-state index in [-0.39, 0.29) is 0 Å². The zero-order valence-electron chi connectivity index (χ0n) is 14.3. The van der Waals surface area contributed by atoms with Crippen molar-refractivity contribution >= 4 is 18.1 Å². The lowest BCUT2D eigenvalue weighted by atomic mass is 10.2. The third-order valence-corrected chi connectivity index (χ3v) is 2.15. The topological polar surface area (TPSA) is 111 Å². The van der Waals surface area contributed by atoms with Crippen molar-refractivity contribution in [1.29, 1.82) is 5.41 Å². The average Bonchev–Trinajstić information content (AvgIpc) is 2.76. The van der Waals surface area contributed by atoms with Crippen LogP contribution in [0.4, 0.5) is 9.59 Å². The largest absolute Gasteiger partial charge is 0.443 e. The predicted molar refractivity (Wildman–Crippen MR) is 82.4 cm³/mol. The van der Waals surface area contributed by atoms with Crippen LogP contribution in [0, 0.1) is 5.41 Å². The molecule has 1 aromatic rings. The molecule has 128 valence electrons. The number of nitrogens with zero attached hydrogens (tertiary/aromatic N) is 2. The molecular weight excluding hydrogens is 302 g/mol. The number of nitrogens with one attached hydrogen (secondary N) is 3. The molecule has 0 bridgehead atoms. The Kier molecular flexibility index (Phi) is 5.36. The van der Waals surface area contributed by atoms with Crippen LogP contribution in [0.2, 0.25) is 0 Å². The maximum Gasteiger partial charge on any atom is 0.427 e. The molecule has 1 aromatic heterocycles. The van der Waals surface area contributed by atoms with Crippen LogP contribution in [0.5, 0.6) is 0 Å². The number of aromatic nitrogens is 2. The van der Waals surface area contributed by atoms with E-state index in [1.807, 2.05) is 0 Å². The van der Waals surface area contributed by atoms with E-state index in [4.69, 9.17) is 14.9 Å². The van der Waals surface area contributed by atoms with Gasteiger partial charge in [0, 0.05) is 10.9 Å². The third kappa shape index (κ3) is 6.37. The van der Waals surface area contributed by atoms with Crippen LogP contribution in [0.15, 0.2) is 18.5 Å². The van der Waals surface area contributed by atoms with E-state index in [1.165, 1.54) is 4.79 Å². The van der Waals surface area contributed by atoms with Crippen LogP contribution in [-0.4, -0.2) is 39.3 Å². The highest BCUT2D eigenvalue weighted by Gasteiger charge is 2.35. The molecule has 0 fully saturated rings. The Morgan fingerprint density at radius 3 is 1.91 bits per heavy atom. The van der Waals surface area contributed by atoms with Crippen molar-refractivity contribution in [3.8, 4) is 0 Å². The third-order valence-electron chi connectivity index (χ3n) is 2.15. The summed E-state index contributed by atoms with van der Waals surface area (Å²) in [7, 11) is 0. The van der Waals surface area contributed by atoms with Gasteiger partial charge in [-0.25, -0.2) is 9.59 Å². The molecule has 0 aliphatic carbocycles. The standard InChI is InChI=1S/C14H23N5O4/c1-13(2,3)22-11(20)19(12(21)23-14(4,5)6)10(15)17-18-9-7-8-16-18/h7-9H,1-6H3,(H2,15,17)/p+1. The Labute approximate surface area is 135 Å². The zero-order valence-corrected chi connectivity index (χ0v) is 14.3. The van der Waals surface area contributed by atoms with Gasteiger partial charge in [0.05, 0.1) is 6.20 Å². The van der Waals surface area contributed by atoms with Crippen molar-refractivity contribution in [2.45, 2.75) is 52.7 Å². The quantitative estimate of drug-likeness (QED) is 0.415. The maximum atomic E-state index is 12.3. The lowest BCUT2D eigenvalue weighted by Crippen LogP contribution is -2.58. The van der Waals surface area contributed by atoms with Gasteiger partial charge in [0.25, 0.3) is 5.96 Å². The van der Waals surface area contributed by atoms with Crippen molar-refractivity contribution in [3.05, 3.63) is 18.5 Å². The number of carbonyl (C=O) groups excluding carboxylic acids is 2. The number of guanidine groups is 1. The van der Waals surface area contributed by atoms with Gasteiger partial charge in [0.1, 0.15) is 11.2 Å². The Bertz CT molecular complexity index is 541. The lowest BCUT2D eigenvalue weighted by Gasteiger charge is -2.27. The molecule has 0 aliphatic rings. The summed E-state index contributed by atoms with van der Waals surface area (Å²) in [5.74, 6) is -0.513. The van der Waals surface area contributed by atoms with Crippen LogP contribution in [0.1, 0.15) is 41.5 Å². The summed E-state index contributed by atoms with van der Waals surface area (Å²) in [6.07, 6.45) is 1.16. The highest BCUT2D eigenvalue weighted by atomic mass is 16.6. The molecule has 3 N–H and O–H groups in total. The van der Waals surface area contributed by atoms with Crippen molar-refractivity contribution in [3.63, 3.8) is 0 Å². The molecule has 9 heteroatoms. The number of rotatable bonds is 1. The van der Waals surface area contributed by atoms with E-state index in [2.05, 4.69) is 10.5 Å². The molecule has 0 aromatic carbocycles. The molecule has 9 nitrogen and oxygen atoms in total. The minimum absolute atomic E-state index is 0.490. The summed E-state index contributed by atoms with van der Waals surface area (Å²) in [5, 5.41) is 10.7. The Morgan fingerprint density at radius 1 is 1.09 bits per heavy atom. The number of hydrogen-bond acceptors (Lipinski definition) is 5. The first-order chi connectivity index (χ1) is 10.4. The Hall–Kier alpha value is -2.58. The fourth-order valence-electron chi connectivity index (χ4n) is 1.40. The number of imide groups is 1. The minimum Gasteiger partial charge on any atom is -0.443 e. The molecule has 0 saturated heterocycles. The number of ether oxygens (including phenoxy) is 2. The second-order valence-electron chi connectivity index (χ2n) is 6.76. The Balaban J connectivity index is 2.97. The second-order valence-corrected chi connectivity index (χ2v) is 6.76. The molecule has 2 amide bonds. The van der Waals surface area contributed by atoms with Gasteiger partial charge >= 0.3 is 12.2 Å².